The van der Waals surface area contributed by atoms with Gasteiger partial charge in [0.05, 0.1) is 25.9 Å². The van der Waals surface area contributed by atoms with Crippen molar-refractivity contribution in [3.8, 4) is 23.3 Å². The van der Waals surface area contributed by atoms with Crippen LogP contribution in [-0.4, -0.2) is 37.7 Å². The van der Waals surface area contributed by atoms with E-state index in [9.17, 15) is 4.79 Å². The number of rotatable bonds is 10. The monoisotopic (exact) mass is 450 g/mol. The van der Waals surface area contributed by atoms with Crippen molar-refractivity contribution in [2.24, 2.45) is 0 Å². The topological polar surface area (TPSA) is 71.8 Å². The zero-order valence-electron chi connectivity index (χ0n) is 18.4. The van der Waals surface area contributed by atoms with Crippen molar-refractivity contribution >= 4 is 17.2 Å². The number of carbonyl (C=O) groups excluding carboxylic acids is 1. The summed E-state index contributed by atoms with van der Waals surface area (Å²) < 4.78 is 16.3. The summed E-state index contributed by atoms with van der Waals surface area (Å²) in [5.74, 6) is 1.49. The van der Waals surface area contributed by atoms with Crippen LogP contribution in [0, 0.1) is 11.3 Å². The molecule has 166 valence electrons. The van der Waals surface area contributed by atoms with E-state index in [4.69, 9.17) is 19.5 Å². The Morgan fingerprint density at radius 1 is 1.09 bits per heavy atom. The van der Waals surface area contributed by atoms with E-state index in [2.05, 4.69) is 12.1 Å². The van der Waals surface area contributed by atoms with Gasteiger partial charge in [-0.15, -0.1) is 11.3 Å². The molecule has 0 aliphatic heterocycles. The van der Waals surface area contributed by atoms with Crippen LogP contribution < -0.4 is 14.2 Å². The van der Waals surface area contributed by atoms with Gasteiger partial charge in [-0.2, -0.15) is 5.26 Å². The van der Waals surface area contributed by atoms with Crippen LogP contribution in [0.1, 0.15) is 22.9 Å². The van der Waals surface area contributed by atoms with Gasteiger partial charge in [0.2, 0.25) is 0 Å². The number of hydrogen-bond acceptors (Lipinski definition) is 6. The third-order valence-corrected chi connectivity index (χ3v) is 5.98. The molecule has 0 radical (unpaired) electrons. The summed E-state index contributed by atoms with van der Waals surface area (Å²) in [6.07, 6.45) is 0.764. The molecule has 1 atom stereocenters. The number of nitrogens with zero attached hydrogens (tertiary/aromatic N) is 2. The molecule has 3 rings (SSSR count). The Hall–Kier alpha value is -3.50. The van der Waals surface area contributed by atoms with Crippen molar-refractivity contribution in [2.45, 2.75) is 25.9 Å². The van der Waals surface area contributed by atoms with Gasteiger partial charge in [0, 0.05) is 30.0 Å². The summed E-state index contributed by atoms with van der Waals surface area (Å²) in [5.41, 5.74) is 1.47. The van der Waals surface area contributed by atoms with Crippen LogP contribution in [0.15, 0.2) is 60.0 Å². The average molecular weight is 451 g/mol. The van der Waals surface area contributed by atoms with E-state index in [-0.39, 0.29) is 18.6 Å². The molecule has 1 heterocycles. The molecular weight excluding hydrogens is 424 g/mol. The molecule has 1 amide bonds. The van der Waals surface area contributed by atoms with E-state index in [0.717, 1.165) is 17.7 Å². The first-order valence-electron chi connectivity index (χ1n) is 10.2. The molecule has 3 aromatic rings. The van der Waals surface area contributed by atoms with Crippen LogP contribution in [0.5, 0.6) is 17.2 Å². The zero-order chi connectivity index (χ0) is 22.9. The van der Waals surface area contributed by atoms with Gasteiger partial charge in [0.1, 0.15) is 5.75 Å². The van der Waals surface area contributed by atoms with Gasteiger partial charge in [-0.3, -0.25) is 4.79 Å². The van der Waals surface area contributed by atoms with E-state index >= 15 is 0 Å². The molecule has 0 saturated heterocycles. The van der Waals surface area contributed by atoms with Gasteiger partial charge < -0.3 is 19.1 Å². The largest absolute Gasteiger partial charge is 0.497 e. The van der Waals surface area contributed by atoms with E-state index in [0.29, 0.717) is 23.6 Å². The lowest BCUT2D eigenvalue weighted by molar-refractivity contribution is -0.136. The Bertz CT molecular complexity index is 1060. The molecule has 0 fully saturated rings. The molecule has 32 heavy (non-hydrogen) atoms. The van der Waals surface area contributed by atoms with Crippen molar-refractivity contribution in [1.29, 1.82) is 5.26 Å². The van der Waals surface area contributed by atoms with Crippen LogP contribution in [0.2, 0.25) is 0 Å². The minimum Gasteiger partial charge on any atom is -0.497 e. The lowest BCUT2D eigenvalue weighted by atomic mass is 10.1. The number of hydrogen-bond donors (Lipinski definition) is 0. The fourth-order valence-corrected chi connectivity index (χ4v) is 4.15. The van der Waals surface area contributed by atoms with Crippen LogP contribution in [-0.2, 0) is 17.8 Å². The third-order valence-electron chi connectivity index (χ3n) is 5.08. The lowest BCUT2D eigenvalue weighted by Crippen LogP contribution is -2.41. The normalized spacial score (nSPS) is 11.3. The van der Waals surface area contributed by atoms with Crippen molar-refractivity contribution < 1.29 is 19.0 Å². The SMILES string of the molecule is COc1ccc(CN(C(=O)COc2ccc(C#N)cc2OC)[C@@H](C)Cc2cccs2)cc1. The number of amides is 1. The van der Waals surface area contributed by atoms with Crippen LogP contribution in [0.25, 0.3) is 0 Å². The lowest BCUT2D eigenvalue weighted by Gasteiger charge is -2.29. The molecule has 0 spiro atoms. The number of methoxy groups -OCH3 is 2. The Morgan fingerprint density at radius 2 is 1.88 bits per heavy atom. The Labute approximate surface area is 192 Å². The maximum atomic E-state index is 13.2. The summed E-state index contributed by atoms with van der Waals surface area (Å²) in [6.45, 7) is 2.37. The molecule has 0 unspecified atom stereocenters. The first kappa shape index (κ1) is 23.2. The van der Waals surface area contributed by atoms with E-state index in [1.165, 1.54) is 12.0 Å². The summed E-state index contributed by atoms with van der Waals surface area (Å²) in [5, 5.41) is 11.1. The van der Waals surface area contributed by atoms with Crippen LogP contribution in [0.4, 0.5) is 0 Å². The predicted octanol–water partition coefficient (Wildman–Crippen LogP) is 4.68. The number of carbonyl (C=O) groups is 1. The maximum absolute atomic E-state index is 13.2. The highest BCUT2D eigenvalue weighted by atomic mass is 32.1. The molecule has 1 aromatic heterocycles. The van der Waals surface area contributed by atoms with E-state index in [1.54, 1.807) is 36.6 Å². The van der Waals surface area contributed by atoms with Crippen LogP contribution in [0.3, 0.4) is 0 Å². The zero-order valence-corrected chi connectivity index (χ0v) is 19.2. The standard InChI is InChI=1S/C25H26N2O4S/c1-18(13-22-5-4-12-32-22)27(16-19-6-9-21(29-2)10-7-19)25(28)17-31-23-11-8-20(15-26)14-24(23)30-3/h4-12,14,18H,13,16-17H2,1-3H3/t18-/m0/s1. The molecule has 2 aromatic carbocycles. The summed E-state index contributed by atoms with van der Waals surface area (Å²) in [7, 11) is 3.13. The quantitative estimate of drug-likeness (QED) is 0.449. The minimum absolute atomic E-state index is 0.0188. The molecular formula is C25H26N2O4S. The first-order valence-corrected chi connectivity index (χ1v) is 11.1. The fourth-order valence-electron chi connectivity index (χ4n) is 3.33. The second-order valence-electron chi connectivity index (χ2n) is 7.27. The van der Waals surface area contributed by atoms with E-state index in [1.807, 2.05) is 47.5 Å². The first-order chi connectivity index (χ1) is 15.5. The highest BCUT2D eigenvalue weighted by Crippen LogP contribution is 2.28. The Morgan fingerprint density at radius 3 is 2.50 bits per heavy atom. The Kier molecular flexibility index (Phi) is 8.12. The minimum atomic E-state index is -0.132. The molecule has 7 heteroatoms. The highest BCUT2D eigenvalue weighted by molar-refractivity contribution is 7.09. The molecule has 0 aliphatic carbocycles. The smallest absolute Gasteiger partial charge is 0.261 e. The maximum Gasteiger partial charge on any atom is 0.261 e. The van der Waals surface area contributed by atoms with Gasteiger partial charge in [-0.1, -0.05) is 18.2 Å². The second kappa shape index (κ2) is 11.2. The third kappa shape index (κ3) is 6.02. The average Bonchev–Trinajstić information content (AvgIpc) is 3.34. The van der Waals surface area contributed by atoms with Crippen molar-refractivity contribution in [2.75, 3.05) is 20.8 Å². The second-order valence-corrected chi connectivity index (χ2v) is 8.30. The van der Waals surface area contributed by atoms with Crippen molar-refractivity contribution in [1.82, 2.24) is 4.90 Å². The molecule has 6 nitrogen and oxygen atoms in total. The van der Waals surface area contributed by atoms with Gasteiger partial charge >= 0.3 is 0 Å². The number of ether oxygens (including phenoxy) is 3. The molecule has 0 aliphatic rings. The van der Waals surface area contributed by atoms with Crippen molar-refractivity contribution in [3.05, 3.63) is 76.0 Å². The van der Waals surface area contributed by atoms with Gasteiger partial charge in [-0.25, -0.2) is 0 Å². The summed E-state index contributed by atoms with van der Waals surface area (Å²) in [6, 6.07) is 18.7. The molecule has 0 saturated carbocycles. The van der Waals surface area contributed by atoms with Crippen molar-refractivity contribution in [3.63, 3.8) is 0 Å². The number of benzene rings is 2. The Balaban J connectivity index is 1.75. The predicted molar refractivity (Wildman–Crippen MR) is 124 cm³/mol. The van der Waals surface area contributed by atoms with Gasteiger partial charge in [0.25, 0.3) is 5.91 Å². The number of thiophene rings is 1. The summed E-state index contributed by atoms with van der Waals surface area (Å²) in [4.78, 5) is 16.3. The summed E-state index contributed by atoms with van der Waals surface area (Å²) >= 11 is 1.68. The number of nitriles is 1. The van der Waals surface area contributed by atoms with Gasteiger partial charge in [-0.05, 0) is 48.2 Å². The fraction of sp³-hybridized carbons (Fsp3) is 0.280. The molecule has 0 bridgehead atoms. The molecule has 0 N–H and O–H groups in total. The van der Waals surface area contributed by atoms with Gasteiger partial charge in [0.15, 0.2) is 18.1 Å². The van der Waals surface area contributed by atoms with Crippen LogP contribution >= 0.6 is 11.3 Å². The highest BCUT2D eigenvalue weighted by Gasteiger charge is 2.22. The van der Waals surface area contributed by atoms with E-state index < -0.39 is 0 Å².